The van der Waals surface area contributed by atoms with Crippen LogP contribution >= 0.6 is 0 Å². The summed E-state index contributed by atoms with van der Waals surface area (Å²) in [5, 5.41) is 1.86. The Labute approximate surface area is 156 Å². The van der Waals surface area contributed by atoms with Crippen LogP contribution in [0, 0.1) is 23.2 Å². The van der Waals surface area contributed by atoms with E-state index >= 15 is 0 Å². The molecule has 0 amide bonds. The Kier molecular flexibility index (Phi) is 2.55. The first-order chi connectivity index (χ1) is 12.9. The van der Waals surface area contributed by atoms with Gasteiger partial charge in [0.05, 0.1) is 22.9 Å². The molecule has 2 heterocycles. The molecule has 2 aliphatic carbocycles. The van der Waals surface area contributed by atoms with Gasteiger partial charge in [-0.15, -0.1) is 6.58 Å². The molecule has 1 spiro atoms. The second-order valence-electron chi connectivity index (χ2n) is 8.50. The van der Waals surface area contributed by atoms with Crippen LogP contribution in [0.4, 0.5) is 0 Å². The number of ketones is 3. The zero-order chi connectivity index (χ0) is 18.7. The maximum Gasteiger partial charge on any atom is 0.172 e. The van der Waals surface area contributed by atoms with Crippen LogP contribution < -0.4 is 0 Å². The first-order valence-corrected chi connectivity index (χ1v) is 9.40. The predicted molar refractivity (Wildman–Crippen MR) is 98.6 cm³/mol. The van der Waals surface area contributed by atoms with Crippen molar-refractivity contribution in [1.29, 1.82) is 0 Å². The number of fused-ring (bicyclic) bond motifs is 8. The average Bonchev–Trinajstić information content (AvgIpc) is 3.29. The summed E-state index contributed by atoms with van der Waals surface area (Å²) in [4.78, 5) is 40.0. The van der Waals surface area contributed by atoms with Gasteiger partial charge < -0.3 is 4.74 Å². The molecule has 4 nitrogen and oxygen atoms in total. The van der Waals surface area contributed by atoms with Crippen molar-refractivity contribution >= 4 is 28.1 Å². The van der Waals surface area contributed by atoms with Crippen LogP contribution in [-0.2, 0) is 9.53 Å². The molecular formula is C23H18O4. The standard InChI is InChI=1S/C23H18O4/c1-3-13-10-23(13)21(26)20-16-17(22(23,2)27-20)19(25)15-9-12-7-5-4-6-11(12)8-14(15)18(16)24/h3-9,13,16-17,20H,1,10H2,2H3. The van der Waals surface area contributed by atoms with Crippen molar-refractivity contribution in [3.63, 3.8) is 0 Å². The van der Waals surface area contributed by atoms with Crippen molar-refractivity contribution in [2.45, 2.75) is 25.0 Å². The Bertz CT molecular complexity index is 1110. The van der Waals surface area contributed by atoms with Crippen LogP contribution in [0.25, 0.3) is 10.8 Å². The van der Waals surface area contributed by atoms with Crippen molar-refractivity contribution in [1.82, 2.24) is 0 Å². The smallest absolute Gasteiger partial charge is 0.172 e. The Balaban J connectivity index is 1.57. The van der Waals surface area contributed by atoms with Gasteiger partial charge in [0.2, 0.25) is 0 Å². The van der Waals surface area contributed by atoms with Gasteiger partial charge in [-0.25, -0.2) is 0 Å². The fourth-order valence-corrected chi connectivity index (χ4v) is 6.15. The Morgan fingerprint density at radius 1 is 1.07 bits per heavy atom. The van der Waals surface area contributed by atoms with Crippen molar-refractivity contribution in [2.24, 2.45) is 23.2 Å². The highest BCUT2D eigenvalue weighted by Gasteiger charge is 2.84. The number of rotatable bonds is 1. The van der Waals surface area contributed by atoms with E-state index in [2.05, 4.69) is 6.58 Å². The molecule has 4 heteroatoms. The lowest BCUT2D eigenvalue weighted by molar-refractivity contribution is -0.127. The third kappa shape index (κ3) is 1.47. The van der Waals surface area contributed by atoms with Gasteiger partial charge in [-0.05, 0) is 42.2 Å². The van der Waals surface area contributed by atoms with Gasteiger partial charge in [0.15, 0.2) is 17.3 Å². The highest BCUT2D eigenvalue weighted by atomic mass is 16.5. The highest BCUT2D eigenvalue weighted by molar-refractivity contribution is 6.21. The molecule has 2 aliphatic heterocycles. The fraction of sp³-hybridized carbons (Fsp3) is 0.348. The quantitative estimate of drug-likeness (QED) is 0.733. The third-order valence-electron chi connectivity index (χ3n) is 7.54. The summed E-state index contributed by atoms with van der Waals surface area (Å²) >= 11 is 0. The molecule has 1 saturated carbocycles. The summed E-state index contributed by atoms with van der Waals surface area (Å²) in [6.07, 6.45) is 1.65. The summed E-state index contributed by atoms with van der Waals surface area (Å²) in [5.41, 5.74) is -0.701. The van der Waals surface area contributed by atoms with Crippen LogP contribution in [0.2, 0.25) is 0 Å². The molecule has 27 heavy (non-hydrogen) atoms. The van der Waals surface area contributed by atoms with Gasteiger partial charge in [0.25, 0.3) is 0 Å². The van der Waals surface area contributed by atoms with Crippen LogP contribution in [0.3, 0.4) is 0 Å². The van der Waals surface area contributed by atoms with E-state index in [1.807, 2.05) is 37.3 Å². The average molecular weight is 358 g/mol. The molecule has 6 rings (SSSR count). The Morgan fingerprint density at radius 3 is 2.30 bits per heavy atom. The van der Waals surface area contributed by atoms with E-state index in [0.717, 1.165) is 10.8 Å². The van der Waals surface area contributed by atoms with Crippen molar-refractivity contribution in [3.05, 3.63) is 60.2 Å². The SMILES string of the molecule is C=CC1CC12C(=O)C1OC2(C)C2C(=O)c3cc4ccccc4cc3C(=O)C12. The minimum atomic E-state index is -0.922. The van der Waals surface area contributed by atoms with E-state index < -0.39 is 29.0 Å². The monoisotopic (exact) mass is 358 g/mol. The van der Waals surface area contributed by atoms with Gasteiger partial charge >= 0.3 is 0 Å². The molecule has 2 saturated heterocycles. The number of ether oxygens (including phenoxy) is 1. The van der Waals surface area contributed by atoms with E-state index in [-0.39, 0.29) is 23.3 Å². The third-order valence-corrected chi connectivity index (χ3v) is 7.54. The van der Waals surface area contributed by atoms with Gasteiger partial charge in [-0.3, -0.25) is 14.4 Å². The lowest BCUT2D eigenvalue weighted by atomic mass is 9.57. The number of Topliss-reactive ketones (excluding diaryl/α,β-unsaturated/α-hetero) is 3. The lowest BCUT2D eigenvalue weighted by Crippen LogP contribution is -2.56. The molecule has 6 atom stereocenters. The molecule has 0 radical (unpaired) electrons. The van der Waals surface area contributed by atoms with Crippen LogP contribution in [0.5, 0.6) is 0 Å². The molecule has 6 unspecified atom stereocenters. The van der Waals surface area contributed by atoms with Crippen LogP contribution in [0.15, 0.2) is 49.1 Å². The van der Waals surface area contributed by atoms with Gasteiger partial charge in [-0.2, -0.15) is 0 Å². The predicted octanol–water partition coefficient (Wildman–Crippen LogP) is 3.38. The number of hydrogen-bond acceptors (Lipinski definition) is 4. The molecule has 4 aliphatic rings. The number of benzene rings is 2. The van der Waals surface area contributed by atoms with E-state index in [1.165, 1.54) is 0 Å². The second-order valence-corrected chi connectivity index (χ2v) is 8.50. The maximum atomic E-state index is 13.5. The normalized spacial score (nSPS) is 41.1. The van der Waals surface area contributed by atoms with Crippen molar-refractivity contribution in [2.75, 3.05) is 0 Å². The molecule has 2 bridgehead atoms. The summed E-state index contributed by atoms with van der Waals surface area (Å²) in [6.45, 7) is 5.70. The number of carbonyl (C=O) groups excluding carboxylic acids is 3. The lowest BCUT2D eigenvalue weighted by Gasteiger charge is -2.40. The van der Waals surface area contributed by atoms with E-state index in [1.54, 1.807) is 12.1 Å². The largest absolute Gasteiger partial charge is 0.362 e. The molecule has 3 fully saturated rings. The van der Waals surface area contributed by atoms with E-state index in [0.29, 0.717) is 17.5 Å². The van der Waals surface area contributed by atoms with E-state index in [9.17, 15) is 14.4 Å². The van der Waals surface area contributed by atoms with Crippen molar-refractivity contribution in [3.8, 4) is 0 Å². The number of hydrogen-bond donors (Lipinski definition) is 0. The molecular weight excluding hydrogens is 340 g/mol. The summed E-state index contributed by atoms with van der Waals surface area (Å²) < 4.78 is 6.16. The summed E-state index contributed by atoms with van der Waals surface area (Å²) in [7, 11) is 0. The van der Waals surface area contributed by atoms with Gasteiger partial charge in [0.1, 0.15) is 6.10 Å². The van der Waals surface area contributed by atoms with Gasteiger partial charge in [-0.1, -0.05) is 30.3 Å². The number of carbonyl (C=O) groups is 3. The van der Waals surface area contributed by atoms with Gasteiger partial charge in [0, 0.05) is 11.1 Å². The second kappa shape index (κ2) is 4.45. The number of allylic oxidation sites excluding steroid dienone is 1. The van der Waals surface area contributed by atoms with Crippen molar-refractivity contribution < 1.29 is 19.1 Å². The topological polar surface area (TPSA) is 60.4 Å². The van der Waals surface area contributed by atoms with Crippen LogP contribution in [0.1, 0.15) is 34.1 Å². The Morgan fingerprint density at radius 2 is 1.70 bits per heavy atom. The highest BCUT2D eigenvalue weighted by Crippen LogP contribution is 2.73. The summed E-state index contributed by atoms with van der Waals surface area (Å²) in [5.74, 6) is -1.46. The zero-order valence-electron chi connectivity index (χ0n) is 14.9. The first-order valence-electron chi connectivity index (χ1n) is 9.40. The molecule has 2 aromatic carbocycles. The molecule has 134 valence electrons. The summed E-state index contributed by atoms with van der Waals surface area (Å²) in [6, 6.07) is 11.3. The molecule has 0 N–H and O–H groups in total. The maximum absolute atomic E-state index is 13.5. The minimum absolute atomic E-state index is 0.0125. The first kappa shape index (κ1) is 15.5. The van der Waals surface area contributed by atoms with Crippen LogP contribution in [-0.4, -0.2) is 29.1 Å². The Hall–Kier alpha value is -2.59. The zero-order valence-corrected chi connectivity index (χ0v) is 14.9. The molecule has 2 aromatic rings. The minimum Gasteiger partial charge on any atom is -0.362 e. The fourth-order valence-electron chi connectivity index (χ4n) is 6.15. The van der Waals surface area contributed by atoms with E-state index in [4.69, 9.17) is 4.74 Å². The molecule has 0 aromatic heterocycles.